The Morgan fingerprint density at radius 3 is 2.86 bits per heavy atom. The third-order valence-corrected chi connectivity index (χ3v) is 4.32. The van der Waals surface area contributed by atoms with E-state index in [0.29, 0.717) is 30.3 Å². The van der Waals surface area contributed by atoms with E-state index in [1.807, 2.05) is 31.2 Å². The van der Waals surface area contributed by atoms with Gasteiger partial charge >= 0.3 is 0 Å². The standard InChI is InChI=1S/C15H16N2O3S/c1-2-20-11-5-3-10(4-6-11)9-12-13(18)16-15-17(14(12)19)7-8-21-15/h3-6,18H,2,7-9H2,1H3. The summed E-state index contributed by atoms with van der Waals surface area (Å²) in [5, 5.41) is 10.6. The van der Waals surface area contributed by atoms with Gasteiger partial charge in [-0.2, -0.15) is 4.98 Å². The molecule has 0 aliphatic carbocycles. The molecule has 0 radical (unpaired) electrons. The molecule has 0 unspecified atom stereocenters. The van der Waals surface area contributed by atoms with Crippen molar-refractivity contribution < 1.29 is 9.84 Å². The summed E-state index contributed by atoms with van der Waals surface area (Å²) >= 11 is 1.49. The van der Waals surface area contributed by atoms with Crippen LogP contribution in [0.3, 0.4) is 0 Å². The number of benzene rings is 1. The lowest BCUT2D eigenvalue weighted by Crippen LogP contribution is -2.24. The van der Waals surface area contributed by atoms with Crippen LogP contribution in [-0.4, -0.2) is 27.0 Å². The molecule has 1 aromatic carbocycles. The second-order valence-corrected chi connectivity index (χ2v) is 5.82. The molecule has 1 N–H and O–H groups in total. The molecule has 0 bridgehead atoms. The van der Waals surface area contributed by atoms with Gasteiger partial charge in [0.25, 0.3) is 5.56 Å². The lowest BCUT2D eigenvalue weighted by Gasteiger charge is -2.08. The second-order valence-electron chi connectivity index (χ2n) is 4.76. The highest BCUT2D eigenvalue weighted by Crippen LogP contribution is 2.25. The molecule has 0 saturated heterocycles. The fraction of sp³-hybridized carbons (Fsp3) is 0.333. The van der Waals surface area contributed by atoms with Crippen LogP contribution in [0.25, 0.3) is 0 Å². The van der Waals surface area contributed by atoms with Crippen LogP contribution in [-0.2, 0) is 13.0 Å². The van der Waals surface area contributed by atoms with Crippen molar-refractivity contribution in [2.75, 3.05) is 12.4 Å². The molecule has 0 fully saturated rings. The topological polar surface area (TPSA) is 64.3 Å². The fourth-order valence-corrected chi connectivity index (χ4v) is 3.27. The summed E-state index contributed by atoms with van der Waals surface area (Å²) in [5.41, 5.74) is 1.15. The lowest BCUT2D eigenvalue weighted by atomic mass is 10.1. The molecule has 2 heterocycles. The quantitative estimate of drug-likeness (QED) is 0.876. The number of thioether (sulfide) groups is 1. The monoisotopic (exact) mass is 304 g/mol. The van der Waals surface area contributed by atoms with E-state index in [1.54, 1.807) is 4.57 Å². The van der Waals surface area contributed by atoms with E-state index >= 15 is 0 Å². The van der Waals surface area contributed by atoms with Crippen LogP contribution in [0.1, 0.15) is 18.1 Å². The fourth-order valence-electron chi connectivity index (χ4n) is 2.33. The highest BCUT2D eigenvalue weighted by molar-refractivity contribution is 7.99. The number of rotatable bonds is 4. The Bertz CT molecular complexity index is 710. The smallest absolute Gasteiger partial charge is 0.261 e. The van der Waals surface area contributed by atoms with Crippen LogP contribution in [0.2, 0.25) is 0 Å². The molecule has 6 heteroatoms. The number of ether oxygens (including phenoxy) is 1. The number of hydrogen-bond donors (Lipinski definition) is 1. The number of hydrogen-bond acceptors (Lipinski definition) is 5. The average molecular weight is 304 g/mol. The molecule has 0 spiro atoms. The maximum Gasteiger partial charge on any atom is 0.261 e. The maximum absolute atomic E-state index is 12.4. The van der Waals surface area contributed by atoms with Gasteiger partial charge in [-0.25, -0.2) is 0 Å². The highest BCUT2D eigenvalue weighted by atomic mass is 32.2. The molecular weight excluding hydrogens is 288 g/mol. The van der Waals surface area contributed by atoms with E-state index < -0.39 is 0 Å². The van der Waals surface area contributed by atoms with Gasteiger partial charge in [-0.05, 0) is 24.6 Å². The summed E-state index contributed by atoms with van der Waals surface area (Å²) in [6.45, 7) is 3.21. The summed E-state index contributed by atoms with van der Waals surface area (Å²) in [7, 11) is 0. The Morgan fingerprint density at radius 1 is 1.38 bits per heavy atom. The average Bonchev–Trinajstić information content (AvgIpc) is 2.94. The van der Waals surface area contributed by atoms with Crippen LogP contribution in [0.15, 0.2) is 34.2 Å². The number of nitrogens with zero attached hydrogens (tertiary/aromatic N) is 2. The van der Waals surface area contributed by atoms with Crippen molar-refractivity contribution in [3.8, 4) is 11.6 Å². The van der Waals surface area contributed by atoms with E-state index in [1.165, 1.54) is 11.8 Å². The Balaban J connectivity index is 1.90. The van der Waals surface area contributed by atoms with Crippen LogP contribution in [0, 0.1) is 0 Å². The van der Waals surface area contributed by atoms with Crippen molar-refractivity contribution in [2.24, 2.45) is 0 Å². The summed E-state index contributed by atoms with van der Waals surface area (Å²) in [5.74, 6) is 1.47. The van der Waals surface area contributed by atoms with E-state index in [-0.39, 0.29) is 11.4 Å². The van der Waals surface area contributed by atoms with Gasteiger partial charge in [0.05, 0.1) is 12.2 Å². The maximum atomic E-state index is 12.4. The number of fused-ring (bicyclic) bond motifs is 1. The molecule has 0 amide bonds. The van der Waals surface area contributed by atoms with Crippen LogP contribution >= 0.6 is 11.8 Å². The lowest BCUT2D eigenvalue weighted by molar-refractivity contribution is 0.340. The van der Waals surface area contributed by atoms with Gasteiger partial charge in [0.15, 0.2) is 5.16 Å². The molecule has 1 aliphatic rings. The molecule has 0 saturated carbocycles. The molecular formula is C15H16N2O3S. The molecule has 110 valence electrons. The van der Waals surface area contributed by atoms with Gasteiger partial charge in [-0.15, -0.1) is 0 Å². The third kappa shape index (κ3) is 2.76. The molecule has 1 aliphatic heterocycles. The normalized spacial score (nSPS) is 13.2. The molecule has 5 nitrogen and oxygen atoms in total. The molecule has 3 rings (SSSR count). The Morgan fingerprint density at radius 2 is 2.14 bits per heavy atom. The minimum atomic E-state index is -0.158. The van der Waals surface area contributed by atoms with Crippen LogP contribution in [0.5, 0.6) is 11.6 Å². The molecule has 2 aromatic rings. The van der Waals surface area contributed by atoms with Gasteiger partial charge in [0, 0.05) is 18.7 Å². The zero-order chi connectivity index (χ0) is 14.8. The summed E-state index contributed by atoms with van der Waals surface area (Å²) in [6, 6.07) is 7.53. The van der Waals surface area contributed by atoms with Crippen molar-refractivity contribution in [2.45, 2.75) is 25.0 Å². The highest BCUT2D eigenvalue weighted by Gasteiger charge is 2.20. The predicted octanol–water partition coefficient (Wildman–Crippen LogP) is 2.04. The first-order valence-electron chi connectivity index (χ1n) is 6.86. The van der Waals surface area contributed by atoms with Crippen molar-refractivity contribution in [3.05, 3.63) is 45.7 Å². The van der Waals surface area contributed by atoms with Gasteiger partial charge in [-0.3, -0.25) is 9.36 Å². The predicted molar refractivity (Wildman–Crippen MR) is 81.3 cm³/mol. The first kappa shape index (κ1) is 14.0. The van der Waals surface area contributed by atoms with Crippen molar-refractivity contribution in [1.29, 1.82) is 0 Å². The minimum Gasteiger partial charge on any atom is -0.494 e. The summed E-state index contributed by atoms with van der Waals surface area (Å²) in [6.07, 6.45) is 0.370. The minimum absolute atomic E-state index is 0.142. The first-order valence-corrected chi connectivity index (χ1v) is 7.85. The summed E-state index contributed by atoms with van der Waals surface area (Å²) < 4.78 is 7.02. The van der Waals surface area contributed by atoms with Gasteiger partial charge in [-0.1, -0.05) is 23.9 Å². The SMILES string of the molecule is CCOc1ccc(Cc2c(O)nc3n(c2=O)CCS3)cc1. The summed E-state index contributed by atoms with van der Waals surface area (Å²) in [4.78, 5) is 16.5. The molecule has 1 aromatic heterocycles. The van der Waals surface area contributed by atoms with E-state index in [0.717, 1.165) is 17.1 Å². The van der Waals surface area contributed by atoms with Crippen molar-refractivity contribution >= 4 is 11.8 Å². The zero-order valence-electron chi connectivity index (χ0n) is 11.7. The number of aromatic nitrogens is 2. The van der Waals surface area contributed by atoms with E-state index in [4.69, 9.17) is 4.74 Å². The Kier molecular flexibility index (Phi) is 3.88. The molecule has 0 atom stereocenters. The van der Waals surface area contributed by atoms with E-state index in [9.17, 15) is 9.90 Å². The van der Waals surface area contributed by atoms with Crippen molar-refractivity contribution in [1.82, 2.24) is 9.55 Å². The largest absolute Gasteiger partial charge is 0.494 e. The Labute approximate surface area is 126 Å². The zero-order valence-corrected chi connectivity index (χ0v) is 12.5. The van der Waals surface area contributed by atoms with E-state index in [2.05, 4.69) is 4.98 Å². The Hall–Kier alpha value is -1.95. The van der Waals surface area contributed by atoms with Gasteiger partial charge in [0.1, 0.15) is 5.75 Å². The second kappa shape index (κ2) is 5.81. The van der Waals surface area contributed by atoms with Gasteiger partial charge in [0.2, 0.25) is 5.88 Å². The molecule has 21 heavy (non-hydrogen) atoms. The van der Waals surface area contributed by atoms with Gasteiger partial charge < -0.3 is 9.84 Å². The number of aromatic hydroxyl groups is 1. The van der Waals surface area contributed by atoms with Crippen LogP contribution < -0.4 is 10.3 Å². The first-order chi connectivity index (χ1) is 10.2. The van der Waals surface area contributed by atoms with Crippen molar-refractivity contribution in [3.63, 3.8) is 0 Å². The van der Waals surface area contributed by atoms with Crippen LogP contribution in [0.4, 0.5) is 0 Å². The third-order valence-electron chi connectivity index (χ3n) is 3.37.